The monoisotopic (exact) mass is 719 g/mol. The van der Waals surface area contributed by atoms with Crippen LogP contribution in [0.5, 0.6) is 0 Å². The third kappa shape index (κ3) is 31.2. The molecule has 0 aliphatic heterocycles. The second-order valence-electron chi connectivity index (χ2n) is 18.3. The highest BCUT2D eigenvalue weighted by atomic mass is 28.4. The topological polar surface area (TPSA) is 88.4 Å². The predicted octanol–water partition coefficient (Wildman–Crippen LogP) is 10.4. The molecule has 49 heavy (non-hydrogen) atoms. The van der Waals surface area contributed by atoms with Crippen molar-refractivity contribution in [2.45, 2.75) is 239 Å². The van der Waals surface area contributed by atoms with E-state index in [4.69, 9.17) is 13.3 Å². The highest BCUT2D eigenvalue weighted by Gasteiger charge is 2.47. The van der Waals surface area contributed by atoms with Crippen molar-refractivity contribution in [2.24, 2.45) is 0 Å². The fraction of sp³-hybridized carbons (Fsp3) is 1.00. The van der Waals surface area contributed by atoms with Gasteiger partial charge in [-0.05, 0) is 75.2 Å². The van der Waals surface area contributed by atoms with Gasteiger partial charge in [-0.15, -0.1) is 0 Å². The first-order valence-corrected chi connectivity index (χ1v) is 22.5. The number of aliphatic hydroxyl groups is 3. The molecule has 0 amide bonds. The van der Waals surface area contributed by atoms with E-state index < -0.39 is 25.6 Å². The second kappa shape index (κ2) is 25.0. The lowest BCUT2D eigenvalue weighted by Gasteiger charge is -2.39. The van der Waals surface area contributed by atoms with Gasteiger partial charge in [0.25, 0.3) is 0 Å². The average molecular weight is 719 g/mol. The zero-order valence-corrected chi connectivity index (χ0v) is 36.0. The molecule has 7 nitrogen and oxygen atoms in total. The predicted molar refractivity (Wildman–Crippen MR) is 211 cm³/mol. The van der Waals surface area contributed by atoms with Gasteiger partial charge in [0.15, 0.2) is 0 Å². The number of hydrogen-bond donors (Lipinski definition) is 3. The Bertz CT molecular complexity index is 729. The van der Waals surface area contributed by atoms with Crippen molar-refractivity contribution in [3.05, 3.63) is 0 Å². The molecule has 0 aromatic rings. The molecule has 3 unspecified atom stereocenters. The maximum atomic E-state index is 10.6. The quantitative estimate of drug-likeness (QED) is 0.0356. The molecule has 0 heterocycles. The Labute approximate surface area is 307 Å². The summed E-state index contributed by atoms with van der Waals surface area (Å²) in [6, 6.07) is 0.649. The first-order chi connectivity index (χ1) is 22.6. The molecule has 0 aliphatic rings. The van der Waals surface area contributed by atoms with Crippen LogP contribution in [0.25, 0.3) is 0 Å². The van der Waals surface area contributed by atoms with Crippen LogP contribution in [-0.2, 0) is 13.3 Å². The van der Waals surface area contributed by atoms with Gasteiger partial charge in [-0.2, -0.15) is 0 Å². The summed E-state index contributed by atoms with van der Waals surface area (Å²) in [7, 11) is 1.34. The third-order valence-electron chi connectivity index (χ3n) is 9.37. The van der Waals surface area contributed by atoms with E-state index in [9.17, 15) is 15.3 Å². The number of quaternary nitrogens is 1. The van der Waals surface area contributed by atoms with Gasteiger partial charge in [0, 0.05) is 50.0 Å². The molecule has 3 N–H and O–H groups in total. The van der Waals surface area contributed by atoms with Crippen LogP contribution in [0.4, 0.5) is 0 Å². The molecule has 296 valence electrons. The molecular weight excluding hydrogens is 631 g/mol. The molecule has 0 spiro atoms. The lowest BCUT2D eigenvalue weighted by molar-refractivity contribution is -0.890. The number of hydrogen-bond acceptors (Lipinski definition) is 6. The summed E-state index contributed by atoms with van der Waals surface area (Å²) in [5.41, 5.74) is -2.66. The summed E-state index contributed by atoms with van der Waals surface area (Å²) in [6.07, 6.45) is 23.6. The van der Waals surface area contributed by atoms with Crippen LogP contribution >= 0.6 is 0 Å². The summed E-state index contributed by atoms with van der Waals surface area (Å²) < 4.78 is 21.2. The fourth-order valence-corrected chi connectivity index (χ4v) is 10.5. The lowest BCUT2D eigenvalue weighted by Crippen LogP contribution is -2.54. The van der Waals surface area contributed by atoms with E-state index in [0.29, 0.717) is 25.3 Å². The van der Waals surface area contributed by atoms with Crippen LogP contribution in [0.15, 0.2) is 0 Å². The molecule has 3 atom stereocenters. The van der Waals surface area contributed by atoms with E-state index >= 15 is 0 Å². The zero-order valence-electron chi connectivity index (χ0n) is 35.0. The van der Waals surface area contributed by atoms with Gasteiger partial charge < -0.3 is 33.1 Å². The van der Waals surface area contributed by atoms with E-state index in [1.54, 1.807) is 41.5 Å². The van der Waals surface area contributed by atoms with Gasteiger partial charge in [0.2, 0.25) is 0 Å². The molecule has 0 saturated carbocycles. The van der Waals surface area contributed by atoms with Gasteiger partial charge in [0.1, 0.15) is 0 Å². The van der Waals surface area contributed by atoms with Crippen LogP contribution in [-0.4, -0.2) is 90.9 Å². The lowest BCUT2D eigenvalue weighted by atomic mass is 10.0. The Morgan fingerprint density at radius 3 is 1.02 bits per heavy atom. The first kappa shape index (κ1) is 48.9. The minimum absolute atomic E-state index is 0.275. The highest BCUT2D eigenvalue weighted by molar-refractivity contribution is 6.60. The largest absolute Gasteiger partial charge is 0.501 e. The van der Waals surface area contributed by atoms with Gasteiger partial charge in [-0.3, -0.25) is 0 Å². The maximum absolute atomic E-state index is 10.6. The molecule has 0 saturated heterocycles. The average Bonchev–Trinajstić information content (AvgIpc) is 2.89. The van der Waals surface area contributed by atoms with Crippen LogP contribution < -0.4 is 0 Å². The molecule has 0 aliphatic carbocycles. The van der Waals surface area contributed by atoms with E-state index in [0.717, 1.165) is 24.0 Å². The number of nitrogens with zero attached hydrogens (tertiary/aromatic N) is 1. The summed E-state index contributed by atoms with van der Waals surface area (Å²) in [5, 5.41) is 31.7. The molecule has 0 bridgehead atoms. The summed E-state index contributed by atoms with van der Waals surface area (Å²) in [6.45, 7) is 21.1. The second-order valence-corrected chi connectivity index (χ2v) is 20.9. The van der Waals surface area contributed by atoms with Crippen molar-refractivity contribution in [1.29, 1.82) is 0 Å². The van der Waals surface area contributed by atoms with Crippen molar-refractivity contribution >= 4 is 8.80 Å². The molecule has 0 rings (SSSR count). The van der Waals surface area contributed by atoms with Crippen LogP contribution in [0.2, 0.25) is 6.04 Å². The van der Waals surface area contributed by atoms with E-state index in [-0.39, 0.29) is 18.3 Å². The minimum Gasteiger partial charge on any atom is -0.390 e. The van der Waals surface area contributed by atoms with Gasteiger partial charge in [0.05, 0.1) is 44.0 Å². The number of rotatable bonds is 33. The van der Waals surface area contributed by atoms with Crippen molar-refractivity contribution in [2.75, 3.05) is 27.2 Å². The third-order valence-corrected chi connectivity index (χ3v) is 12.6. The standard InChI is InChI=1S/C41H88NO6Si/c1-13-14-15-16-17-18-19-20-21-22-23-24-25-26-27-28-30-42(11,12)31-29-32-49(46-36(2)33-39(5,6)43,47-37(3)34-40(7,8)44)48-38(4)35-41(9,10)45/h36-38,43-45H,13-35H2,1-12H3/q+1. The van der Waals surface area contributed by atoms with Crippen molar-refractivity contribution in [3.63, 3.8) is 0 Å². The Hall–Kier alpha value is -0.0631. The molecule has 0 aromatic carbocycles. The van der Waals surface area contributed by atoms with Crippen molar-refractivity contribution < 1.29 is 33.1 Å². The van der Waals surface area contributed by atoms with E-state index in [1.807, 2.05) is 20.8 Å². The summed E-state index contributed by atoms with van der Waals surface area (Å²) in [4.78, 5) is 0. The van der Waals surface area contributed by atoms with Gasteiger partial charge in [-0.1, -0.05) is 96.8 Å². The summed E-state index contributed by atoms with van der Waals surface area (Å²) >= 11 is 0. The smallest absolute Gasteiger partial charge is 0.390 e. The van der Waals surface area contributed by atoms with Gasteiger partial charge >= 0.3 is 8.80 Å². The Kier molecular flexibility index (Phi) is 25.0. The summed E-state index contributed by atoms with van der Waals surface area (Å²) in [5.74, 6) is 0. The fourth-order valence-electron chi connectivity index (χ4n) is 7.34. The van der Waals surface area contributed by atoms with Crippen molar-refractivity contribution in [1.82, 2.24) is 0 Å². The van der Waals surface area contributed by atoms with E-state index in [1.165, 1.54) is 103 Å². The Balaban J connectivity index is 4.96. The Morgan fingerprint density at radius 2 is 0.735 bits per heavy atom. The molecule has 0 fully saturated rings. The molecule has 0 aromatic heterocycles. The maximum Gasteiger partial charge on any atom is 0.501 e. The van der Waals surface area contributed by atoms with Crippen molar-refractivity contribution in [3.8, 4) is 0 Å². The SMILES string of the molecule is CCCCCCCCCCCCCCCCCC[N+](C)(C)CCC[Si](OC(C)CC(C)(C)O)(OC(C)CC(C)(C)O)OC(C)CC(C)(C)O. The first-order valence-electron chi connectivity index (χ1n) is 20.6. The molecule has 8 heteroatoms. The van der Waals surface area contributed by atoms with Crippen LogP contribution in [0.1, 0.15) is 198 Å². The molecule has 0 radical (unpaired) electrons. The number of unbranched alkanes of at least 4 members (excludes halogenated alkanes) is 15. The van der Waals surface area contributed by atoms with E-state index in [2.05, 4.69) is 21.0 Å². The highest BCUT2D eigenvalue weighted by Crippen LogP contribution is 2.30. The molecular formula is C41H88NO6Si+. The van der Waals surface area contributed by atoms with Gasteiger partial charge in [-0.25, -0.2) is 0 Å². The van der Waals surface area contributed by atoms with Crippen LogP contribution in [0, 0.1) is 0 Å². The normalized spacial score (nSPS) is 16.5. The minimum atomic E-state index is -3.30. The Morgan fingerprint density at radius 1 is 0.469 bits per heavy atom. The zero-order chi connectivity index (χ0) is 37.6. The van der Waals surface area contributed by atoms with Crippen LogP contribution in [0.3, 0.4) is 0 Å².